The van der Waals surface area contributed by atoms with Gasteiger partial charge in [0, 0.05) is 31.3 Å². The van der Waals surface area contributed by atoms with E-state index < -0.39 is 6.10 Å². The lowest BCUT2D eigenvalue weighted by molar-refractivity contribution is -0.145. The molecular weight excluding hydrogens is 432 g/mol. The van der Waals surface area contributed by atoms with Crippen molar-refractivity contribution in [2.75, 3.05) is 20.2 Å². The number of esters is 1. The van der Waals surface area contributed by atoms with Crippen LogP contribution in [0.4, 0.5) is 0 Å². The Balaban J connectivity index is 1.52. The van der Waals surface area contributed by atoms with Crippen LogP contribution in [0.5, 0.6) is 5.75 Å². The lowest BCUT2D eigenvalue weighted by Gasteiger charge is -2.33. The number of piperidine rings is 1. The SMILES string of the molecule is COC(=O)CC1CCCN(C(=O)[C@@H](C)Oc2ccc3c(-c4ccccc4C)c[nH]c(=O)c3c2)C1. The van der Waals surface area contributed by atoms with E-state index in [1.54, 1.807) is 30.2 Å². The Kier molecular flexibility index (Phi) is 7.01. The first-order chi connectivity index (χ1) is 16.4. The molecule has 1 fully saturated rings. The first kappa shape index (κ1) is 23.5. The number of H-pyrrole nitrogens is 1. The molecule has 0 aliphatic carbocycles. The van der Waals surface area contributed by atoms with Gasteiger partial charge in [-0.3, -0.25) is 14.4 Å². The molecule has 3 aromatic rings. The minimum absolute atomic E-state index is 0.0939. The number of methoxy groups -OCH3 is 1. The van der Waals surface area contributed by atoms with Crippen LogP contribution < -0.4 is 10.3 Å². The highest BCUT2D eigenvalue weighted by atomic mass is 16.5. The van der Waals surface area contributed by atoms with Gasteiger partial charge >= 0.3 is 5.97 Å². The van der Waals surface area contributed by atoms with Crippen molar-refractivity contribution < 1.29 is 19.1 Å². The summed E-state index contributed by atoms with van der Waals surface area (Å²) in [6.45, 7) is 4.90. The van der Waals surface area contributed by atoms with Crippen LogP contribution >= 0.6 is 0 Å². The molecule has 0 radical (unpaired) electrons. The van der Waals surface area contributed by atoms with Crippen molar-refractivity contribution >= 4 is 22.6 Å². The zero-order valence-corrected chi connectivity index (χ0v) is 19.8. The van der Waals surface area contributed by atoms with Crippen LogP contribution in [-0.2, 0) is 14.3 Å². The van der Waals surface area contributed by atoms with Gasteiger partial charge in [0.1, 0.15) is 5.75 Å². The van der Waals surface area contributed by atoms with Gasteiger partial charge in [0.25, 0.3) is 11.5 Å². The molecule has 1 aliphatic heterocycles. The van der Waals surface area contributed by atoms with Crippen molar-refractivity contribution in [1.82, 2.24) is 9.88 Å². The van der Waals surface area contributed by atoms with Gasteiger partial charge in [0.05, 0.1) is 12.5 Å². The summed E-state index contributed by atoms with van der Waals surface area (Å²) in [6, 6.07) is 13.4. The molecule has 1 aliphatic rings. The van der Waals surface area contributed by atoms with E-state index >= 15 is 0 Å². The van der Waals surface area contributed by atoms with Crippen LogP contribution in [0.25, 0.3) is 21.9 Å². The van der Waals surface area contributed by atoms with E-state index in [0.29, 0.717) is 30.6 Å². The lowest BCUT2D eigenvalue weighted by atomic mass is 9.94. The largest absolute Gasteiger partial charge is 0.481 e. The highest BCUT2D eigenvalue weighted by molar-refractivity contribution is 5.97. The number of hydrogen-bond donors (Lipinski definition) is 1. The summed E-state index contributed by atoms with van der Waals surface area (Å²) in [7, 11) is 1.38. The molecule has 0 saturated carbocycles. The van der Waals surface area contributed by atoms with Crippen molar-refractivity contribution in [3.63, 3.8) is 0 Å². The average Bonchev–Trinajstić information content (AvgIpc) is 2.84. The van der Waals surface area contributed by atoms with Gasteiger partial charge in [0.2, 0.25) is 0 Å². The first-order valence-corrected chi connectivity index (χ1v) is 11.6. The van der Waals surface area contributed by atoms with Gasteiger partial charge in [-0.05, 0) is 67.3 Å². The fourth-order valence-electron chi connectivity index (χ4n) is 4.67. The number of ether oxygens (including phenoxy) is 2. The smallest absolute Gasteiger partial charge is 0.305 e. The third kappa shape index (κ3) is 4.98. The molecule has 1 unspecified atom stereocenters. The van der Waals surface area contributed by atoms with Crippen LogP contribution in [0.1, 0.15) is 31.7 Å². The normalized spacial score (nSPS) is 16.8. The van der Waals surface area contributed by atoms with E-state index in [9.17, 15) is 14.4 Å². The summed E-state index contributed by atoms with van der Waals surface area (Å²) >= 11 is 0. The zero-order chi connectivity index (χ0) is 24.2. The number of carbonyl (C=O) groups is 2. The van der Waals surface area contributed by atoms with Crippen LogP contribution in [0, 0.1) is 12.8 Å². The van der Waals surface area contributed by atoms with Crippen LogP contribution in [-0.4, -0.2) is 48.1 Å². The number of likely N-dealkylation sites (tertiary alicyclic amines) is 1. The van der Waals surface area contributed by atoms with E-state index in [4.69, 9.17) is 9.47 Å². The number of aryl methyl sites for hydroxylation is 1. The second-order valence-electron chi connectivity index (χ2n) is 8.89. The molecule has 34 heavy (non-hydrogen) atoms. The summed E-state index contributed by atoms with van der Waals surface area (Å²) in [6.07, 6.45) is 3.07. The number of carbonyl (C=O) groups excluding carboxylic acids is 2. The van der Waals surface area contributed by atoms with E-state index in [-0.39, 0.29) is 23.4 Å². The molecule has 0 spiro atoms. The van der Waals surface area contributed by atoms with Gasteiger partial charge in [-0.15, -0.1) is 0 Å². The highest BCUT2D eigenvalue weighted by Gasteiger charge is 2.29. The summed E-state index contributed by atoms with van der Waals surface area (Å²) in [5.74, 6) is 0.174. The van der Waals surface area contributed by atoms with Gasteiger partial charge in [-0.25, -0.2) is 0 Å². The average molecular weight is 463 g/mol. The molecule has 0 bridgehead atoms. The van der Waals surface area contributed by atoms with E-state index in [2.05, 4.69) is 4.98 Å². The predicted molar refractivity (Wildman–Crippen MR) is 131 cm³/mol. The molecule has 2 atom stereocenters. The van der Waals surface area contributed by atoms with Gasteiger partial charge < -0.3 is 19.4 Å². The summed E-state index contributed by atoms with van der Waals surface area (Å²) in [5, 5.41) is 1.33. The number of hydrogen-bond acceptors (Lipinski definition) is 5. The van der Waals surface area contributed by atoms with E-state index in [0.717, 1.165) is 34.9 Å². The molecule has 7 nitrogen and oxygen atoms in total. The second-order valence-corrected chi connectivity index (χ2v) is 8.89. The Morgan fingerprint density at radius 1 is 1.15 bits per heavy atom. The van der Waals surface area contributed by atoms with Crippen LogP contribution in [0.2, 0.25) is 0 Å². The van der Waals surface area contributed by atoms with Gasteiger partial charge in [-0.1, -0.05) is 24.3 Å². The first-order valence-electron chi connectivity index (χ1n) is 11.6. The maximum atomic E-state index is 13.0. The minimum atomic E-state index is -0.715. The lowest BCUT2D eigenvalue weighted by Crippen LogP contribution is -2.46. The molecular formula is C27H30N2O5. The number of amides is 1. The van der Waals surface area contributed by atoms with Gasteiger partial charge in [-0.2, -0.15) is 0 Å². The molecule has 1 aromatic heterocycles. The van der Waals surface area contributed by atoms with Crippen molar-refractivity contribution in [1.29, 1.82) is 0 Å². The number of aromatic amines is 1. The van der Waals surface area contributed by atoms with Crippen LogP contribution in [0.3, 0.4) is 0 Å². The maximum Gasteiger partial charge on any atom is 0.305 e. The fraction of sp³-hybridized carbons (Fsp3) is 0.370. The quantitative estimate of drug-likeness (QED) is 0.558. The zero-order valence-electron chi connectivity index (χ0n) is 19.8. The fourth-order valence-corrected chi connectivity index (χ4v) is 4.67. The van der Waals surface area contributed by atoms with Crippen molar-refractivity contribution in [2.45, 2.75) is 39.2 Å². The number of nitrogens with one attached hydrogen (secondary N) is 1. The number of pyridine rings is 1. The Hall–Kier alpha value is -3.61. The minimum Gasteiger partial charge on any atom is -0.481 e. The number of nitrogens with zero attached hydrogens (tertiary/aromatic N) is 1. The molecule has 7 heteroatoms. The van der Waals surface area contributed by atoms with Gasteiger partial charge in [0.15, 0.2) is 6.10 Å². The molecule has 1 N–H and O–H groups in total. The molecule has 1 saturated heterocycles. The molecule has 2 heterocycles. The summed E-state index contributed by atoms with van der Waals surface area (Å²) in [4.78, 5) is 41.8. The topological polar surface area (TPSA) is 88.7 Å². The standard InChI is InChI=1S/C27H30N2O5/c1-17-7-4-5-9-21(17)24-15-28-26(31)23-14-20(10-11-22(23)24)34-18(2)27(32)29-12-6-8-19(16-29)13-25(30)33-3/h4-5,7,9-11,14-15,18-19H,6,8,12-13,16H2,1-3H3,(H,28,31)/t18-,19?/m1/s1. The molecule has 2 aromatic carbocycles. The Bertz CT molecular complexity index is 1270. The Morgan fingerprint density at radius 2 is 1.94 bits per heavy atom. The number of benzene rings is 2. The third-order valence-electron chi connectivity index (χ3n) is 6.48. The number of rotatable bonds is 6. The van der Waals surface area contributed by atoms with Crippen molar-refractivity contribution in [3.8, 4) is 16.9 Å². The second kappa shape index (κ2) is 10.1. The predicted octanol–water partition coefficient (Wildman–Crippen LogP) is 4.07. The summed E-state index contributed by atoms with van der Waals surface area (Å²) in [5.41, 5.74) is 2.89. The Morgan fingerprint density at radius 3 is 2.71 bits per heavy atom. The number of fused-ring (bicyclic) bond motifs is 1. The van der Waals surface area contributed by atoms with Crippen molar-refractivity contribution in [2.24, 2.45) is 5.92 Å². The maximum absolute atomic E-state index is 13.0. The molecule has 178 valence electrons. The Labute approximate surface area is 198 Å². The van der Waals surface area contributed by atoms with E-state index in [1.165, 1.54) is 7.11 Å². The van der Waals surface area contributed by atoms with Crippen LogP contribution in [0.15, 0.2) is 53.5 Å². The monoisotopic (exact) mass is 462 g/mol. The highest BCUT2D eigenvalue weighted by Crippen LogP contribution is 2.31. The third-order valence-corrected chi connectivity index (χ3v) is 6.48. The molecule has 4 rings (SSSR count). The summed E-state index contributed by atoms with van der Waals surface area (Å²) < 4.78 is 10.7. The number of aromatic nitrogens is 1. The molecule has 1 amide bonds. The van der Waals surface area contributed by atoms with E-state index in [1.807, 2.05) is 37.3 Å². The van der Waals surface area contributed by atoms with Crippen molar-refractivity contribution in [3.05, 3.63) is 64.6 Å².